The van der Waals surface area contributed by atoms with Gasteiger partial charge in [-0.2, -0.15) is 0 Å². The number of hydrogen-bond donors (Lipinski definition) is 1. The van der Waals surface area contributed by atoms with E-state index in [-0.39, 0.29) is 18.5 Å². The lowest BCUT2D eigenvalue weighted by atomic mass is 10.4. The van der Waals surface area contributed by atoms with Gasteiger partial charge < -0.3 is 5.73 Å². The highest BCUT2D eigenvalue weighted by molar-refractivity contribution is 8.01. The normalized spacial score (nSPS) is 20.1. The van der Waals surface area contributed by atoms with Gasteiger partial charge in [0.1, 0.15) is 0 Å². The van der Waals surface area contributed by atoms with Crippen LogP contribution in [0.5, 0.6) is 0 Å². The van der Waals surface area contributed by atoms with Crippen LogP contribution in [0.4, 0.5) is 0 Å². The standard InChI is InChI=1S/C9H16N2O2S.C2H6.H2/c1-6(2)14-7-5-8(12)11(4-3-10)9(7)13;1-2;/h6-7H,3-5,10H2,1-2H3;1-2H3;1H. The van der Waals surface area contributed by atoms with Crippen molar-refractivity contribution in [2.24, 2.45) is 5.73 Å². The van der Waals surface area contributed by atoms with Crippen LogP contribution in [-0.4, -0.2) is 40.3 Å². The summed E-state index contributed by atoms with van der Waals surface area (Å²) < 4.78 is 0. The fraction of sp³-hybridized carbons (Fsp3) is 0.818. The Morgan fingerprint density at radius 3 is 2.50 bits per heavy atom. The molecule has 0 aliphatic carbocycles. The second kappa shape index (κ2) is 7.68. The first-order valence-corrected chi connectivity index (χ1v) is 6.70. The zero-order valence-electron chi connectivity index (χ0n) is 10.5. The zero-order valence-corrected chi connectivity index (χ0v) is 11.3. The van der Waals surface area contributed by atoms with Gasteiger partial charge in [0, 0.05) is 20.9 Å². The number of nitrogens with zero attached hydrogens (tertiary/aromatic N) is 1. The first kappa shape index (κ1) is 15.4. The van der Waals surface area contributed by atoms with Crippen molar-refractivity contribution >= 4 is 23.6 Å². The van der Waals surface area contributed by atoms with E-state index in [9.17, 15) is 9.59 Å². The second-order valence-corrected chi connectivity index (χ2v) is 5.33. The first-order chi connectivity index (χ1) is 7.56. The van der Waals surface area contributed by atoms with Gasteiger partial charge in [-0.3, -0.25) is 14.5 Å². The van der Waals surface area contributed by atoms with Crippen LogP contribution in [0.25, 0.3) is 0 Å². The van der Waals surface area contributed by atoms with Crippen LogP contribution in [0, 0.1) is 0 Å². The number of amides is 2. The van der Waals surface area contributed by atoms with Gasteiger partial charge in [0.15, 0.2) is 0 Å². The van der Waals surface area contributed by atoms with Gasteiger partial charge in [-0.05, 0) is 5.25 Å². The third kappa shape index (κ3) is 4.14. The molecule has 0 aromatic heterocycles. The summed E-state index contributed by atoms with van der Waals surface area (Å²) in [5.41, 5.74) is 5.33. The average Bonchev–Trinajstić information content (AvgIpc) is 2.49. The molecular formula is C11H24N2O2S. The molecule has 1 atom stereocenters. The summed E-state index contributed by atoms with van der Waals surface area (Å²) in [6.07, 6.45) is 0.335. The second-order valence-electron chi connectivity index (χ2n) is 3.55. The summed E-state index contributed by atoms with van der Waals surface area (Å²) in [6, 6.07) is 0. The molecule has 1 unspecified atom stereocenters. The third-order valence-electron chi connectivity index (χ3n) is 1.99. The topological polar surface area (TPSA) is 63.4 Å². The smallest absolute Gasteiger partial charge is 0.242 e. The quantitative estimate of drug-likeness (QED) is 0.766. The molecule has 0 saturated carbocycles. The molecule has 0 aromatic rings. The summed E-state index contributed by atoms with van der Waals surface area (Å²) in [4.78, 5) is 24.4. The number of likely N-dealkylation sites (tertiary alicyclic amines) is 1. The Bertz CT molecular complexity index is 250. The van der Waals surface area contributed by atoms with Gasteiger partial charge >= 0.3 is 0 Å². The summed E-state index contributed by atoms with van der Waals surface area (Å²) in [6.45, 7) is 8.74. The van der Waals surface area contributed by atoms with E-state index in [0.717, 1.165) is 0 Å². The van der Waals surface area contributed by atoms with E-state index in [1.807, 2.05) is 27.7 Å². The molecule has 16 heavy (non-hydrogen) atoms. The molecule has 0 aromatic carbocycles. The first-order valence-electron chi connectivity index (χ1n) is 5.76. The Hall–Kier alpha value is -0.550. The van der Waals surface area contributed by atoms with Crippen LogP contribution in [0.2, 0.25) is 0 Å². The molecule has 96 valence electrons. The maximum absolute atomic E-state index is 11.7. The van der Waals surface area contributed by atoms with Crippen LogP contribution in [0.3, 0.4) is 0 Å². The van der Waals surface area contributed by atoms with Gasteiger partial charge in [-0.25, -0.2) is 0 Å². The van der Waals surface area contributed by atoms with Crippen LogP contribution in [-0.2, 0) is 9.59 Å². The van der Waals surface area contributed by atoms with Gasteiger partial charge in [-0.15, -0.1) is 11.8 Å². The van der Waals surface area contributed by atoms with E-state index in [2.05, 4.69) is 0 Å². The number of carbonyl (C=O) groups excluding carboxylic acids is 2. The highest BCUT2D eigenvalue weighted by atomic mass is 32.2. The van der Waals surface area contributed by atoms with Crippen LogP contribution in [0.1, 0.15) is 35.5 Å². The Morgan fingerprint density at radius 2 is 2.06 bits per heavy atom. The van der Waals surface area contributed by atoms with Gasteiger partial charge in [0.2, 0.25) is 11.8 Å². The van der Waals surface area contributed by atoms with Crippen LogP contribution in [0.15, 0.2) is 0 Å². The van der Waals surface area contributed by atoms with E-state index < -0.39 is 0 Å². The average molecular weight is 248 g/mol. The minimum absolute atomic E-state index is 0. The highest BCUT2D eigenvalue weighted by Crippen LogP contribution is 2.27. The molecular weight excluding hydrogens is 224 g/mol. The molecule has 1 aliphatic rings. The predicted molar refractivity (Wildman–Crippen MR) is 70.4 cm³/mol. The molecule has 4 nitrogen and oxygen atoms in total. The van der Waals surface area contributed by atoms with Crippen molar-refractivity contribution in [3.63, 3.8) is 0 Å². The molecule has 0 radical (unpaired) electrons. The van der Waals surface area contributed by atoms with Crippen molar-refractivity contribution in [2.75, 3.05) is 13.1 Å². The maximum Gasteiger partial charge on any atom is 0.242 e. The highest BCUT2D eigenvalue weighted by Gasteiger charge is 2.38. The summed E-state index contributed by atoms with van der Waals surface area (Å²) >= 11 is 1.55. The maximum atomic E-state index is 11.7. The molecule has 1 heterocycles. The molecule has 1 saturated heterocycles. The number of hydrogen-bond acceptors (Lipinski definition) is 4. The van der Waals surface area contributed by atoms with Crippen molar-refractivity contribution in [2.45, 2.75) is 44.6 Å². The van der Waals surface area contributed by atoms with E-state index in [4.69, 9.17) is 5.73 Å². The largest absolute Gasteiger partial charge is 0.329 e. The SMILES string of the molecule is CC.CC(C)SC1CC(=O)N(CCN)C1=O.[HH]. The van der Waals surface area contributed by atoms with Crippen molar-refractivity contribution in [1.82, 2.24) is 4.90 Å². The summed E-state index contributed by atoms with van der Waals surface area (Å²) in [5, 5.41) is 0.184. The number of carbonyl (C=O) groups is 2. The number of thioether (sulfide) groups is 1. The molecule has 0 spiro atoms. The van der Waals surface area contributed by atoms with Gasteiger partial charge in [0.25, 0.3) is 0 Å². The van der Waals surface area contributed by atoms with E-state index >= 15 is 0 Å². The lowest BCUT2D eigenvalue weighted by Gasteiger charge is -2.14. The van der Waals surface area contributed by atoms with Crippen molar-refractivity contribution in [3.05, 3.63) is 0 Å². The fourth-order valence-electron chi connectivity index (χ4n) is 1.45. The zero-order chi connectivity index (χ0) is 12.7. The van der Waals surface area contributed by atoms with E-state index in [1.165, 1.54) is 4.90 Å². The summed E-state index contributed by atoms with van der Waals surface area (Å²) in [7, 11) is 0. The third-order valence-corrected chi connectivity index (χ3v) is 3.23. The number of nitrogens with two attached hydrogens (primary N) is 1. The van der Waals surface area contributed by atoms with Crippen LogP contribution < -0.4 is 5.73 Å². The number of rotatable bonds is 4. The van der Waals surface area contributed by atoms with Crippen molar-refractivity contribution in [1.29, 1.82) is 0 Å². The predicted octanol–water partition coefficient (Wildman–Crippen LogP) is 1.49. The molecule has 0 bridgehead atoms. The number of imide groups is 1. The monoisotopic (exact) mass is 248 g/mol. The molecule has 1 fully saturated rings. The Labute approximate surface area is 103 Å². The minimum atomic E-state index is -0.186. The summed E-state index contributed by atoms with van der Waals surface area (Å²) in [5.74, 6) is -0.155. The van der Waals surface area contributed by atoms with E-state index in [1.54, 1.807) is 11.8 Å². The van der Waals surface area contributed by atoms with Crippen molar-refractivity contribution in [3.8, 4) is 0 Å². The Morgan fingerprint density at radius 1 is 1.50 bits per heavy atom. The molecule has 2 N–H and O–H groups in total. The lowest BCUT2D eigenvalue weighted by Crippen LogP contribution is -2.35. The van der Waals surface area contributed by atoms with Crippen molar-refractivity contribution < 1.29 is 11.0 Å². The molecule has 2 amide bonds. The van der Waals surface area contributed by atoms with Gasteiger partial charge in [0.05, 0.1) is 5.25 Å². The molecule has 1 rings (SSSR count). The Balaban J connectivity index is 0. The molecule has 1 aliphatic heterocycles. The van der Waals surface area contributed by atoms with E-state index in [0.29, 0.717) is 24.8 Å². The lowest BCUT2D eigenvalue weighted by molar-refractivity contribution is -0.138. The van der Waals surface area contributed by atoms with Gasteiger partial charge in [-0.1, -0.05) is 27.7 Å². The minimum Gasteiger partial charge on any atom is -0.329 e. The molecule has 5 heteroatoms. The Kier molecular flexibility index (Phi) is 7.42. The fourth-order valence-corrected chi connectivity index (χ4v) is 2.59. The van der Waals surface area contributed by atoms with Crippen LogP contribution >= 0.6 is 11.8 Å².